The summed E-state index contributed by atoms with van der Waals surface area (Å²) in [6.07, 6.45) is 0.760. The van der Waals surface area contributed by atoms with Gasteiger partial charge in [0.1, 0.15) is 11.9 Å². The SMILES string of the molecule is CCOP(=O)(CC(=O)CCCOCc1ccccc1)OCC. The molecule has 0 N–H and O–H groups in total. The van der Waals surface area contributed by atoms with E-state index in [9.17, 15) is 9.36 Å². The zero-order valence-corrected chi connectivity index (χ0v) is 14.2. The summed E-state index contributed by atoms with van der Waals surface area (Å²) in [6, 6.07) is 9.86. The largest absolute Gasteiger partial charge is 0.377 e. The molecular formula is C16H25O5P. The fraction of sp³-hybridized carbons (Fsp3) is 0.562. The van der Waals surface area contributed by atoms with Crippen LogP contribution in [0.25, 0.3) is 0 Å². The van der Waals surface area contributed by atoms with Crippen LogP contribution in [0.2, 0.25) is 0 Å². The first-order chi connectivity index (χ1) is 10.6. The predicted molar refractivity (Wildman–Crippen MR) is 86.1 cm³/mol. The Balaban J connectivity index is 2.21. The lowest BCUT2D eigenvalue weighted by atomic mass is 10.2. The van der Waals surface area contributed by atoms with Gasteiger partial charge in [0.2, 0.25) is 0 Å². The number of Topliss-reactive ketones (excluding diaryl/α,β-unsaturated/α-hetero) is 1. The number of benzene rings is 1. The van der Waals surface area contributed by atoms with Crippen molar-refractivity contribution in [2.24, 2.45) is 0 Å². The summed E-state index contributed by atoms with van der Waals surface area (Å²) in [7, 11) is -3.27. The monoisotopic (exact) mass is 328 g/mol. The van der Waals surface area contributed by atoms with Crippen molar-refractivity contribution in [1.29, 1.82) is 0 Å². The fourth-order valence-electron chi connectivity index (χ4n) is 1.95. The average molecular weight is 328 g/mol. The molecule has 22 heavy (non-hydrogen) atoms. The summed E-state index contributed by atoms with van der Waals surface area (Å²) in [5.41, 5.74) is 1.10. The highest BCUT2D eigenvalue weighted by Gasteiger charge is 2.26. The third-order valence-electron chi connectivity index (χ3n) is 2.88. The lowest BCUT2D eigenvalue weighted by Gasteiger charge is -2.16. The molecule has 0 bridgehead atoms. The molecule has 0 heterocycles. The maximum absolute atomic E-state index is 12.2. The Morgan fingerprint density at radius 3 is 2.32 bits per heavy atom. The summed E-state index contributed by atoms with van der Waals surface area (Å²) >= 11 is 0. The van der Waals surface area contributed by atoms with Gasteiger partial charge in [0, 0.05) is 13.0 Å². The van der Waals surface area contributed by atoms with Gasteiger partial charge < -0.3 is 13.8 Å². The third kappa shape index (κ3) is 7.85. The molecule has 1 rings (SSSR count). The van der Waals surface area contributed by atoms with Crippen LogP contribution in [0, 0.1) is 0 Å². The fourth-order valence-corrected chi connectivity index (χ4v) is 3.59. The van der Waals surface area contributed by atoms with Gasteiger partial charge in [0.25, 0.3) is 0 Å². The summed E-state index contributed by atoms with van der Waals surface area (Å²) in [5, 5.41) is 0. The second-order valence-corrected chi connectivity index (χ2v) is 6.84. The molecule has 0 aliphatic heterocycles. The maximum Gasteiger partial charge on any atom is 0.338 e. The standard InChI is InChI=1S/C16H25O5P/c1-3-20-22(18,21-4-2)14-16(17)11-8-12-19-13-15-9-6-5-7-10-15/h5-7,9-10H,3-4,8,11-14H2,1-2H3. The minimum Gasteiger partial charge on any atom is -0.377 e. The number of ether oxygens (including phenoxy) is 1. The molecule has 0 atom stereocenters. The minimum absolute atomic E-state index is 0.117. The first-order valence-electron chi connectivity index (χ1n) is 7.61. The van der Waals surface area contributed by atoms with Crippen molar-refractivity contribution < 1.29 is 23.1 Å². The normalized spacial score (nSPS) is 11.5. The molecule has 1 aromatic rings. The Bertz CT molecular complexity index is 465. The molecule has 0 aromatic heterocycles. The van der Waals surface area contributed by atoms with Crippen LogP contribution in [-0.4, -0.2) is 31.8 Å². The van der Waals surface area contributed by atoms with E-state index in [1.807, 2.05) is 30.3 Å². The zero-order valence-electron chi connectivity index (χ0n) is 13.3. The number of carbonyl (C=O) groups excluding carboxylic acids is 1. The van der Waals surface area contributed by atoms with Crippen molar-refractivity contribution >= 4 is 13.4 Å². The highest BCUT2D eigenvalue weighted by atomic mass is 31.2. The summed E-state index contributed by atoms with van der Waals surface area (Å²) in [6.45, 7) is 5.02. The van der Waals surface area contributed by atoms with E-state index in [-0.39, 0.29) is 25.2 Å². The number of carbonyl (C=O) groups is 1. The van der Waals surface area contributed by atoms with Gasteiger partial charge >= 0.3 is 7.60 Å². The van der Waals surface area contributed by atoms with Crippen molar-refractivity contribution in [3.63, 3.8) is 0 Å². The van der Waals surface area contributed by atoms with Crippen LogP contribution < -0.4 is 0 Å². The zero-order chi connectivity index (χ0) is 16.3. The molecule has 6 heteroatoms. The smallest absolute Gasteiger partial charge is 0.338 e. The van der Waals surface area contributed by atoms with Crippen LogP contribution in [-0.2, 0) is 29.8 Å². The quantitative estimate of drug-likeness (QED) is 0.431. The molecule has 0 saturated carbocycles. The Morgan fingerprint density at radius 2 is 1.73 bits per heavy atom. The first kappa shape index (κ1) is 19.0. The molecule has 124 valence electrons. The number of hydrogen-bond acceptors (Lipinski definition) is 5. The molecule has 0 aliphatic rings. The molecule has 0 radical (unpaired) electrons. The van der Waals surface area contributed by atoms with Crippen LogP contribution >= 0.6 is 7.60 Å². The highest BCUT2D eigenvalue weighted by molar-refractivity contribution is 7.54. The van der Waals surface area contributed by atoms with Gasteiger partial charge in [0.05, 0.1) is 19.8 Å². The number of hydrogen-bond donors (Lipinski definition) is 0. The lowest BCUT2D eigenvalue weighted by Crippen LogP contribution is -2.10. The Kier molecular flexibility index (Phi) is 9.25. The van der Waals surface area contributed by atoms with Gasteiger partial charge in [-0.25, -0.2) is 0 Å². The van der Waals surface area contributed by atoms with E-state index >= 15 is 0 Å². The number of ketones is 1. The van der Waals surface area contributed by atoms with Crippen molar-refractivity contribution in [3.05, 3.63) is 35.9 Å². The molecule has 0 spiro atoms. The summed E-state index contributed by atoms with van der Waals surface area (Å²) < 4.78 is 27.9. The topological polar surface area (TPSA) is 61.8 Å². The van der Waals surface area contributed by atoms with Crippen LogP contribution in [0.5, 0.6) is 0 Å². The molecule has 1 aromatic carbocycles. The van der Waals surface area contributed by atoms with E-state index in [0.29, 0.717) is 26.1 Å². The molecular weight excluding hydrogens is 303 g/mol. The van der Waals surface area contributed by atoms with Crippen molar-refractivity contribution in [3.8, 4) is 0 Å². The van der Waals surface area contributed by atoms with E-state index < -0.39 is 7.60 Å². The average Bonchev–Trinajstić information content (AvgIpc) is 2.48. The van der Waals surface area contributed by atoms with Gasteiger partial charge in [-0.3, -0.25) is 9.36 Å². The summed E-state index contributed by atoms with van der Waals surface area (Å²) in [4.78, 5) is 11.9. The van der Waals surface area contributed by atoms with Gasteiger partial charge in [-0.15, -0.1) is 0 Å². The molecule has 0 unspecified atom stereocenters. The van der Waals surface area contributed by atoms with Crippen LogP contribution in [0.1, 0.15) is 32.3 Å². The molecule has 0 amide bonds. The van der Waals surface area contributed by atoms with Gasteiger partial charge in [-0.05, 0) is 25.8 Å². The lowest BCUT2D eigenvalue weighted by molar-refractivity contribution is -0.117. The van der Waals surface area contributed by atoms with E-state index in [2.05, 4.69) is 0 Å². The Hall–Kier alpha value is -1.00. The Labute approximate surface area is 132 Å². The van der Waals surface area contributed by atoms with Gasteiger partial charge in [-0.2, -0.15) is 0 Å². The van der Waals surface area contributed by atoms with Crippen molar-refractivity contribution in [2.45, 2.75) is 33.3 Å². The third-order valence-corrected chi connectivity index (χ3v) is 4.92. The first-order valence-corrected chi connectivity index (χ1v) is 9.34. The Morgan fingerprint density at radius 1 is 1.09 bits per heavy atom. The highest BCUT2D eigenvalue weighted by Crippen LogP contribution is 2.47. The van der Waals surface area contributed by atoms with E-state index in [1.54, 1.807) is 13.8 Å². The molecule has 0 saturated heterocycles. The summed E-state index contributed by atoms with van der Waals surface area (Å²) in [5.74, 6) is -0.117. The molecule has 0 aliphatic carbocycles. The predicted octanol–water partition coefficient (Wildman–Crippen LogP) is 3.82. The maximum atomic E-state index is 12.2. The molecule has 0 fully saturated rings. The second-order valence-electron chi connectivity index (χ2n) is 4.78. The number of rotatable bonds is 12. The van der Waals surface area contributed by atoms with E-state index in [0.717, 1.165) is 5.56 Å². The van der Waals surface area contributed by atoms with Gasteiger partial charge in [-0.1, -0.05) is 30.3 Å². The van der Waals surface area contributed by atoms with E-state index in [4.69, 9.17) is 13.8 Å². The second kappa shape index (κ2) is 10.7. The van der Waals surface area contributed by atoms with E-state index in [1.165, 1.54) is 0 Å². The minimum atomic E-state index is -3.27. The van der Waals surface area contributed by atoms with Crippen molar-refractivity contribution in [1.82, 2.24) is 0 Å². The van der Waals surface area contributed by atoms with Gasteiger partial charge in [0.15, 0.2) is 0 Å². The van der Waals surface area contributed by atoms with Crippen LogP contribution in [0.3, 0.4) is 0 Å². The van der Waals surface area contributed by atoms with Crippen molar-refractivity contribution in [2.75, 3.05) is 26.0 Å². The molecule has 5 nitrogen and oxygen atoms in total. The van der Waals surface area contributed by atoms with Crippen LogP contribution in [0.4, 0.5) is 0 Å². The van der Waals surface area contributed by atoms with Crippen LogP contribution in [0.15, 0.2) is 30.3 Å².